The fourth-order valence-electron chi connectivity index (χ4n) is 4.44. The molecule has 1 aliphatic carbocycles. The molecule has 0 atom stereocenters. The Kier molecular flexibility index (Phi) is 7.30. The van der Waals surface area contributed by atoms with E-state index in [0.29, 0.717) is 31.6 Å². The summed E-state index contributed by atoms with van der Waals surface area (Å²) in [5, 5.41) is 7.53. The quantitative estimate of drug-likeness (QED) is 0.386. The molecule has 0 aliphatic heterocycles. The third-order valence-corrected chi connectivity index (χ3v) is 6.35. The highest BCUT2D eigenvalue weighted by Crippen LogP contribution is 2.26. The summed E-state index contributed by atoms with van der Waals surface area (Å²) in [5.74, 6) is 0.478. The highest BCUT2D eigenvalue weighted by atomic mass is 16.5. The van der Waals surface area contributed by atoms with Crippen molar-refractivity contribution < 1.29 is 19.1 Å². The number of amides is 1. The number of methoxy groups -OCH3 is 1. The van der Waals surface area contributed by atoms with Crippen LogP contribution in [0.3, 0.4) is 0 Å². The molecule has 2 aromatic carbocycles. The van der Waals surface area contributed by atoms with Crippen molar-refractivity contribution in [2.75, 3.05) is 20.3 Å². The van der Waals surface area contributed by atoms with Crippen molar-refractivity contribution in [1.82, 2.24) is 15.1 Å². The lowest BCUT2D eigenvalue weighted by atomic mass is 10.1. The third-order valence-electron chi connectivity index (χ3n) is 6.35. The van der Waals surface area contributed by atoms with Gasteiger partial charge in [-0.15, -0.1) is 0 Å². The molecule has 0 fully saturated rings. The van der Waals surface area contributed by atoms with Crippen molar-refractivity contribution in [3.05, 3.63) is 76.1 Å². The van der Waals surface area contributed by atoms with Crippen LogP contribution in [0.4, 0.5) is 0 Å². The van der Waals surface area contributed by atoms with E-state index in [1.807, 2.05) is 36.7 Å². The Morgan fingerprint density at radius 1 is 1.06 bits per heavy atom. The molecule has 1 heterocycles. The molecule has 1 amide bonds. The number of carbonyl (C=O) groups excluding carboxylic acids is 2. The average molecular weight is 462 g/mol. The Hall–Kier alpha value is -3.61. The molecule has 7 nitrogen and oxygen atoms in total. The van der Waals surface area contributed by atoms with E-state index in [-0.39, 0.29) is 11.9 Å². The van der Waals surface area contributed by atoms with Crippen LogP contribution < -0.4 is 10.1 Å². The second kappa shape index (κ2) is 10.5. The predicted octanol–water partition coefficient (Wildman–Crippen LogP) is 3.89. The van der Waals surface area contributed by atoms with Gasteiger partial charge in [-0.2, -0.15) is 5.10 Å². The number of aromatic nitrogens is 2. The monoisotopic (exact) mass is 461 g/mol. The SMILES string of the molecule is COC(=O)CCc1c(C)nn(-c2ccc(C(=O)NCCOc3ccc4c(c3)CCC4)cc2)c1C. The van der Waals surface area contributed by atoms with Crippen LogP contribution in [0.2, 0.25) is 0 Å². The molecule has 0 radical (unpaired) electrons. The maximum atomic E-state index is 12.5. The van der Waals surface area contributed by atoms with Crippen molar-refractivity contribution in [3.8, 4) is 11.4 Å². The molecule has 4 rings (SSSR count). The van der Waals surface area contributed by atoms with Gasteiger partial charge in [0.15, 0.2) is 0 Å². The minimum Gasteiger partial charge on any atom is -0.492 e. The van der Waals surface area contributed by atoms with Crippen molar-refractivity contribution in [1.29, 1.82) is 0 Å². The van der Waals surface area contributed by atoms with Crippen LogP contribution in [0, 0.1) is 13.8 Å². The number of benzene rings is 2. The number of hydrogen-bond acceptors (Lipinski definition) is 5. The Morgan fingerprint density at radius 2 is 1.82 bits per heavy atom. The number of rotatable bonds is 9. The van der Waals surface area contributed by atoms with Gasteiger partial charge in [-0.05, 0) is 92.6 Å². The summed E-state index contributed by atoms with van der Waals surface area (Å²) in [7, 11) is 1.39. The van der Waals surface area contributed by atoms with E-state index in [2.05, 4.69) is 22.5 Å². The molecule has 3 aromatic rings. The van der Waals surface area contributed by atoms with Gasteiger partial charge in [0.05, 0.1) is 25.0 Å². The number of ether oxygens (including phenoxy) is 2. The summed E-state index contributed by atoms with van der Waals surface area (Å²) < 4.78 is 12.4. The fourth-order valence-corrected chi connectivity index (χ4v) is 4.44. The van der Waals surface area contributed by atoms with E-state index in [1.54, 1.807) is 12.1 Å². The molecule has 34 heavy (non-hydrogen) atoms. The Morgan fingerprint density at radius 3 is 2.59 bits per heavy atom. The first-order chi connectivity index (χ1) is 16.5. The molecule has 178 valence electrons. The number of nitrogens with zero attached hydrogens (tertiary/aromatic N) is 2. The highest BCUT2D eigenvalue weighted by Gasteiger charge is 2.15. The van der Waals surface area contributed by atoms with Crippen LogP contribution in [0.15, 0.2) is 42.5 Å². The number of esters is 1. The van der Waals surface area contributed by atoms with Crippen LogP contribution in [0.5, 0.6) is 5.75 Å². The van der Waals surface area contributed by atoms with Crippen LogP contribution >= 0.6 is 0 Å². The predicted molar refractivity (Wildman–Crippen MR) is 130 cm³/mol. The lowest BCUT2D eigenvalue weighted by Crippen LogP contribution is -2.28. The topological polar surface area (TPSA) is 82.5 Å². The van der Waals surface area contributed by atoms with Gasteiger partial charge in [0.1, 0.15) is 12.4 Å². The minimum atomic E-state index is -0.236. The van der Waals surface area contributed by atoms with Gasteiger partial charge in [0.2, 0.25) is 0 Å². The standard InChI is InChI=1S/C27H31N3O4/c1-18-25(13-14-26(31)33-3)19(2)30(29-18)23-10-7-21(8-11-23)27(32)28-15-16-34-24-12-9-20-5-4-6-22(20)17-24/h7-12,17H,4-6,13-16H2,1-3H3,(H,28,32). The number of hydrogen-bond donors (Lipinski definition) is 1. The zero-order valence-electron chi connectivity index (χ0n) is 20.0. The Bertz CT molecular complexity index is 1180. The maximum absolute atomic E-state index is 12.5. The van der Waals surface area contributed by atoms with Crippen LogP contribution in [0.1, 0.15) is 51.3 Å². The van der Waals surface area contributed by atoms with Gasteiger partial charge < -0.3 is 14.8 Å². The molecule has 0 saturated carbocycles. The summed E-state index contributed by atoms with van der Waals surface area (Å²) >= 11 is 0. The van der Waals surface area contributed by atoms with Gasteiger partial charge in [0.25, 0.3) is 5.91 Å². The van der Waals surface area contributed by atoms with Crippen molar-refractivity contribution >= 4 is 11.9 Å². The average Bonchev–Trinajstić information content (AvgIpc) is 3.43. The van der Waals surface area contributed by atoms with E-state index >= 15 is 0 Å². The van der Waals surface area contributed by atoms with E-state index < -0.39 is 0 Å². The second-order valence-corrected chi connectivity index (χ2v) is 8.57. The molecular weight excluding hydrogens is 430 g/mol. The number of carbonyl (C=O) groups is 2. The van der Waals surface area contributed by atoms with Gasteiger partial charge in [-0.25, -0.2) is 4.68 Å². The largest absolute Gasteiger partial charge is 0.492 e. The summed E-state index contributed by atoms with van der Waals surface area (Å²) in [6.07, 6.45) is 4.38. The summed E-state index contributed by atoms with van der Waals surface area (Å²) in [6.45, 7) is 4.76. The molecule has 1 aromatic heterocycles. The molecule has 0 bridgehead atoms. The van der Waals surface area contributed by atoms with Gasteiger partial charge in [0, 0.05) is 17.7 Å². The van der Waals surface area contributed by atoms with Gasteiger partial charge in [-0.1, -0.05) is 6.07 Å². The Balaban J connectivity index is 1.31. The minimum absolute atomic E-state index is 0.142. The molecule has 0 spiro atoms. The first-order valence-electron chi connectivity index (χ1n) is 11.7. The first-order valence-corrected chi connectivity index (χ1v) is 11.7. The zero-order valence-corrected chi connectivity index (χ0v) is 20.0. The third kappa shape index (κ3) is 5.30. The van der Waals surface area contributed by atoms with Crippen molar-refractivity contribution in [3.63, 3.8) is 0 Å². The normalized spacial score (nSPS) is 12.3. The van der Waals surface area contributed by atoms with E-state index in [9.17, 15) is 9.59 Å². The molecule has 0 saturated heterocycles. The summed E-state index contributed by atoms with van der Waals surface area (Å²) in [6, 6.07) is 13.6. The lowest BCUT2D eigenvalue weighted by Gasteiger charge is -2.10. The second-order valence-electron chi connectivity index (χ2n) is 8.57. The number of nitrogens with one attached hydrogen (secondary N) is 1. The number of fused-ring (bicyclic) bond motifs is 1. The van der Waals surface area contributed by atoms with Crippen LogP contribution in [0.25, 0.3) is 5.69 Å². The fraction of sp³-hybridized carbons (Fsp3) is 0.370. The molecule has 0 unspecified atom stereocenters. The van der Waals surface area contributed by atoms with E-state index in [0.717, 1.165) is 41.2 Å². The van der Waals surface area contributed by atoms with Crippen molar-refractivity contribution in [2.45, 2.75) is 46.0 Å². The van der Waals surface area contributed by atoms with E-state index in [4.69, 9.17) is 9.47 Å². The summed E-state index contributed by atoms with van der Waals surface area (Å²) in [5.41, 5.74) is 7.13. The lowest BCUT2D eigenvalue weighted by molar-refractivity contribution is -0.140. The zero-order chi connectivity index (χ0) is 24.1. The Labute approximate surface area is 200 Å². The number of aryl methyl sites for hydroxylation is 3. The molecule has 1 aliphatic rings. The van der Waals surface area contributed by atoms with Crippen LogP contribution in [-0.4, -0.2) is 41.9 Å². The molecule has 7 heteroatoms. The van der Waals surface area contributed by atoms with Crippen molar-refractivity contribution in [2.24, 2.45) is 0 Å². The maximum Gasteiger partial charge on any atom is 0.305 e. The molecular formula is C27H31N3O4. The summed E-state index contributed by atoms with van der Waals surface area (Å²) in [4.78, 5) is 24.0. The molecule has 1 N–H and O–H groups in total. The van der Waals surface area contributed by atoms with Gasteiger partial charge in [-0.3, -0.25) is 9.59 Å². The van der Waals surface area contributed by atoms with Crippen LogP contribution in [-0.2, 0) is 28.8 Å². The van der Waals surface area contributed by atoms with Gasteiger partial charge >= 0.3 is 5.97 Å². The first kappa shape index (κ1) is 23.5. The van der Waals surface area contributed by atoms with E-state index in [1.165, 1.54) is 24.7 Å². The smallest absolute Gasteiger partial charge is 0.305 e. The highest BCUT2D eigenvalue weighted by molar-refractivity contribution is 5.94.